The van der Waals surface area contributed by atoms with Gasteiger partial charge in [-0.3, -0.25) is 10.1 Å². The molecule has 0 amide bonds. The van der Waals surface area contributed by atoms with E-state index in [-0.39, 0.29) is 25.1 Å². The summed E-state index contributed by atoms with van der Waals surface area (Å²) in [4.78, 5) is 10.1. The quantitative estimate of drug-likeness (QED) is 0.487. The smallest absolute Gasteiger partial charge is 0.258 e. The van der Waals surface area contributed by atoms with E-state index in [1.54, 1.807) is 0 Å². The minimum absolute atomic E-state index is 0.0905. The summed E-state index contributed by atoms with van der Waals surface area (Å²) in [5, 5.41) is 10.7. The highest BCUT2D eigenvalue weighted by Crippen LogP contribution is 2.37. The maximum absolute atomic E-state index is 12.1. The first-order valence-electron chi connectivity index (χ1n) is 5.41. The van der Waals surface area contributed by atoms with Crippen LogP contribution in [0.3, 0.4) is 0 Å². The van der Waals surface area contributed by atoms with Crippen molar-refractivity contribution in [2.45, 2.75) is 34.3 Å². The second-order valence-electron chi connectivity index (χ2n) is 4.16. The first kappa shape index (κ1) is 15.2. The zero-order valence-electron chi connectivity index (χ0n) is 9.51. The molecule has 6 nitrogen and oxygen atoms in total. The number of rotatable bonds is 4. The maximum atomic E-state index is 12.1. The third-order valence-corrected chi connectivity index (χ3v) is 7.24. The molecule has 1 heterocycles. The summed E-state index contributed by atoms with van der Waals surface area (Å²) in [6.07, 6.45) is 2.59. The van der Waals surface area contributed by atoms with Gasteiger partial charge >= 0.3 is 0 Å². The van der Waals surface area contributed by atoms with E-state index >= 15 is 0 Å². The fourth-order valence-corrected chi connectivity index (χ4v) is 5.79. The van der Waals surface area contributed by atoms with Crippen LogP contribution in [0.5, 0.6) is 0 Å². The Kier molecular flexibility index (Phi) is 4.51. The van der Waals surface area contributed by atoms with Gasteiger partial charge in [0.15, 0.2) is 4.34 Å². The largest absolute Gasteiger partial charge is 0.300 e. The Morgan fingerprint density at radius 2 is 2.21 bits per heavy atom. The molecular weight excluding hydrogens is 380 g/mol. The number of halogens is 2. The lowest BCUT2D eigenvalue weighted by atomic mass is 10.3. The summed E-state index contributed by atoms with van der Waals surface area (Å²) in [7, 11) is -3.76. The van der Waals surface area contributed by atoms with Crippen LogP contribution >= 0.6 is 38.9 Å². The molecule has 106 valence electrons. The summed E-state index contributed by atoms with van der Waals surface area (Å²) < 4.78 is 26.5. The van der Waals surface area contributed by atoms with Gasteiger partial charge in [0.2, 0.25) is 0 Å². The Labute approximate surface area is 127 Å². The predicted octanol–water partition coefficient (Wildman–Crippen LogP) is 2.90. The van der Waals surface area contributed by atoms with E-state index in [4.69, 9.17) is 11.6 Å². The SMILES string of the molecule is O=[N+]([O-])c1cc(S(=O)(=O)NC2CCCC2Br)sc1Cl. The van der Waals surface area contributed by atoms with E-state index in [2.05, 4.69) is 20.7 Å². The molecule has 10 heteroatoms. The average Bonchev–Trinajstić information content (AvgIpc) is 2.86. The van der Waals surface area contributed by atoms with E-state index in [1.807, 2.05) is 0 Å². The van der Waals surface area contributed by atoms with Crippen LogP contribution in [0.1, 0.15) is 19.3 Å². The molecule has 1 aromatic heterocycles. The molecule has 0 aliphatic heterocycles. The number of sulfonamides is 1. The van der Waals surface area contributed by atoms with Gasteiger partial charge in [0.1, 0.15) is 4.21 Å². The van der Waals surface area contributed by atoms with Gasteiger partial charge in [0.05, 0.1) is 4.92 Å². The van der Waals surface area contributed by atoms with Crippen molar-refractivity contribution in [3.05, 3.63) is 20.5 Å². The summed E-state index contributed by atoms with van der Waals surface area (Å²) in [5.41, 5.74) is -0.381. The van der Waals surface area contributed by atoms with Gasteiger partial charge < -0.3 is 0 Å². The third-order valence-electron chi connectivity index (χ3n) is 2.85. The summed E-state index contributed by atoms with van der Waals surface area (Å²) in [6, 6.07) is 0.804. The third kappa shape index (κ3) is 3.27. The van der Waals surface area contributed by atoms with Crippen LogP contribution in [0.4, 0.5) is 5.69 Å². The summed E-state index contributed by atoms with van der Waals surface area (Å²) >= 11 is 9.77. The van der Waals surface area contributed by atoms with Crippen LogP contribution in [-0.4, -0.2) is 24.2 Å². The zero-order chi connectivity index (χ0) is 14.2. The molecule has 1 aliphatic rings. The minimum Gasteiger partial charge on any atom is -0.258 e. The number of hydrogen-bond donors (Lipinski definition) is 1. The summed E-state index contributed by atoms with van der Waals surface area (Å²) in [6.45, 7) is 0. The van der Waals surface area contributed by atoms with E-state index in [0.29, 0.717) is 11.3 Å². The number of nitro groups is 1. The first-order chi connectivity index (χ1) is 8.81. The molecule has 0 radical (unpaired) electrons. The molecule has 0 saturated heterocycles. The molecule has 1 N–H and O–H groups in total. The second kappa shape index (κ2) is 5.65. The Hall–Kier alpha value is -0.220. The maximum Gasteiger partial charge on any atom is 0.300 e. The van der Waals surface area contributed by atoms with E-state index < -0.39 is 14.9 Å². The fraction of sp³-hybridized carbons (Fsp3) is 0.556. The van der Waals surface area contributed by atoms with E-state index in [0.717, 1.165) is 25.3 Å². The lowest BCUT2D eigenvalue weighted by Gasteiger charge is -2.15. The Morgan fingerprint density at radius 3 is 2.68 bits per heavy atom. The van der Waals surface area contributed by atoms with Crippen molar-refractivity contribution in [3.8, 4) is 0 Å². The van der Waals surface area contributed by atoms with Crippen molar-refractivity contribution in [3.63, 3.8) is 0 Å². The molecule has 1 aromatic rings. The number of nitrogens with zero attached hydrogens (tertiary/aromatic N) is 1. The van der Waals surface area contributed by atoms with Crippen molar-refractivity contribution in [2.75, 3.05) is 0 Å². The number of hydrogen-bond acceptors (Lipinski definition) is 5. The molecular formula is C9H10BrClN2O4S2. The Morgan fingerprint density at radius 1 is 1.53 bits per heavy atom. The Bertz CT molecular complexity index is 603. The molecule has 0 aromatic carbocycles. The second-order valence-corrected chi connectivity index (χ2v) is 8.93. The average molecular weight is 390 g/mol. The molecule has 1 fully saturated rings. The van der Waals surface area contributed by atoms with Crippen molar-refractivity contribution in [2.24, 2.45) is 0 Å². The van der Waals surface area contributed by atoms with Crippen molar-refractivity contribution >= 4 is 54.6 Å². The van der Waals surface area contributed by atoms with E-state index in [9.17, 15) is 18.5 Å². The van der Waals surface area contributed by atoms with Gasteiger partial charge in [0, 0.05) is 16.9 Å². The van der Waals surface area contributed by atoms with Crippen LogP contribution in [-0.2, 0) is 10.0 Å². The molecule has 2 atom stereocenters. The number of alkyl halides is 1. The van der Waals surface area contributed by atoms with Crippen molar-refractivity contribution < 1.29 is 13.3 Å². The van der Waals surface area contributed by atoms with Gasteiger partial charge in [-0.1, -0.05) is 34.0 Å². The highest BCUT2D eigenvalue weighted by Gasteiger charge is 2.32. The monoisotopic (exact) mass is 388 g/mol. The highest BCUT2D eigenvalue weighted by atomic mass is 79.9. The topological polar surface area (TPSA) is 89.3 Å². The van der Waals surface area contributed by atoms with Crippen LogP contribution < -0.4 is 4.72 Å². The molecule has 0 spiro atoms. The van der Waals surface area contributed by atoms with Crippen LogP contribution in [0.15, 0.2) is 10.3 Å². The lowest BCUT2D eigenvalue weighted by molar-refractivity contribution is -0.384. The molecule has 1 aliphatic carbocycles. The van der Waals surface area contributed by atoms with Crippen molar-refractivity contribution in [1.82, 2.24) is 4.72 Å². The number of thiophene rings is 1. The summed E-state index contributed by atoms with van der Waals surface area (Å²) in [5.74, 6) is 0. The van der Waals surface area contributed by atoms with Gasteiger partial charge in [-0.05, 0) is 12.8 Å². The van der Waals surface area contributed by atoms with Crippen molar-refractivity contribution in [1.29, 1.82) is 0 Å². The predicted molar refractivity (Wildman–Crippen MR) is 76.7 cm³/mol. The lowest BCUT2D eigenvalue weighted by Crippen LogP contribution is -2.37. The van der Waals surface area contributed by atoms with Gasteiger partial charge in [-0.25, -0.2) is 13.1 Å². The first-order valence-corrected chi connectivity index (χ1v) is 9.00. The van der Waals surface area contributed by atoms with Gasteiger partial charge in [0.25, 0.3) is 15.7 Å². The fourth-order valence-electron chi connectivity index (χ4n) is 1.90. The molecule has 0 bridgehead atoms. The number of nitrogens with one attached hydrogen (secondary N) is 1. The van der Waals surface area contributed by atoms with Crippen LogP contribution in [0.25, 0.3) is 0 Å². The zero-order valence-corrected chi connectivity index (χ0v) is 13.5. The van der Waals surface area contributed by atoms with Crippen LogP contribution in [0, 0.1) is 10.1 Å². The molecule has 2 unspecified atom stereocenters. The van der Waals surface area contributed by atoms with Crippen LogP contribution in [0.2, 0.25) is 4.34 Å². The minimum atomic E-state index is -3.76. The van der Waals surface area contributed by atoms with E-state index in [1.165, 1.54) is 0 Å². The van der Waals surface area contributed by atoms with Gasteiger partial charge in [-0.15, -0.1) is 11.3 Å². The molecule has 1 saturated carbocycles. The molecule has 19 heavy (non-hydrogen) atoms. The normalized spacial score (nSPS) is 23.7. The molecule has 2 rings (SSSR count). The highest BCUT2D eigenvalue weighted by molar-refractivity contribution is 9.09. The van der Waals surface area contributed by atoms with Gasteiger partial charge in [-0.2, -0.15) is 0 Å². The standard InChI is InChI=1S/C9H10BrClN2O4S2/c10-5-2-1-3-6(5)12-19(16,17)8-4-7(13(14)15)9(11)18-8/h4-6,12H,1-3H2. The Balaban J connectivity index is 2.24.